The Balaban J connectivity index is 2.91. The highest BCUT2D eigenvalue weighted by atomic mass is 35.5. The van der Waals surface area contributed by atoms with E-state index in [4.69, 9.17) is 17.3 Å². The molecule has 0 bridgehead atoms. The van der Waals surface area contributed by atoms with Gasteiger partial charge in [-0.25, -0.2) is 4.39 Å². The van der Waals surface area contributed by atoms with Crippen molar-refractivity contribution in [3.05, 3.63) is 34.6 Å². The average Bonchev–Trinajstić information content (AvgIpc) is 2.09. The van der Waals surface area contributed by atoms with Gasteiger partial charge >= 0.3 is 0 Å². The van der Waals surface area contributed by atoms with Crippen molar-refractivity contribution in [3.63, 3.8) is 0 Å². The summed E-state index contributed by atoms with van der Waals surface area (Å²) >= 11 is 5.72. The van der Waals surface area contributed by atoms with Gasteiger partial charge < -0.3 is 11.1 Å². The van der Waals surface area contributed by atoms with Gasteiger partial charge in [-0.2, -0.15) is 0 Å². The third-order valence-corrected chi connectivity index (χ3v) is 2.02. The van der Waals surface area contributed by atoms with Crippen LogP contribution in [0.4, 0.5) is 4.39 Å². The van der Waals surface area contributed by atoms with E-state index in [-0.39, 0.29) is 11.9 Å². The highest BCUT2D eigenvalue weighted by Gasteiger charge is 2.10. The lowest BCUT2D eigenvalue weighted by Crippen LogP contribution is -2.24. The van der Waals surface area contributed by atoms with Gasteiger partial charge in [-0.1, -0.05) is 11.6 Å². The first-order chi connectivity index (χ1) is 6.15. The zero-order valence-corrected chi connectivity index (χ0v) is 8.11. The molecular formula is C9H12ClFN2. The van der Waals surface area contributed by atoms with Crippen molar-refractivity contribution in [1.29, 1.82) is 0 Å². The first-order valence-corrected chi connectivity index (χ1v) is 4.38. The van der Waals surface area contributed by atoms with E-state index in [0.29, 0.717) is 17.1 Å². The van der Waals surface area contributed by atoms with Gasteiger partial charge in [-0.15, -0.1) is 0 Å². The Kier molecular flexibility index (Phi) is 3.66. The zero-order chi connectivity index (χ0) is 9.84. The zero-order valence-electron chi connectivity index (χ0n) is 7.35. The maximum Gasteiger partial charge on any atom is 0.128 e. The molecule has 0 aliphatic rings. The fraction of sp³-hybridized carbons (Fsp3) is 0.333. The number of rotatable bonds is 3. The number of halogens is 2. The van der Waals surface area contributed by atoms with Gasteiger partial charge in [0, 0.05) is 23.2 Å². The van der Waals surface area contributed by atoms with Crippen molar-refractivity contribution < 1.29 is 4.39 Å². The molecule has 0 amide bonds. The quantitative estimate of drug-likeness (QED) is 0.783. The minimum Gasteiger partial charge on any atom is -0.323 e. The summed E-state index contributed by atoms with van der Waals surface area (Å²) < 4.78 is 13.2. The van der Waals surface area contributed by atoms with Gasteiger partial charge in [0.1, 0.15) is 5.82 Å². The number of likely N-dealkylation sites (N-methyl/N-ethyl adjacent to an activating group) is 1. The van der Waals surface area contributed by atoms with Crippen molar-refractivity contribution in [2.45, 2.75) is 6.04 Å². The van der Waals surface area contributed by atoms with E-state index >= 15 is 0 Å². The summed E-state index contributed by atoms with van der Waals surface area (Å²) in [5.74, 6) is -0.313. The van der Waals surface area contributed by atoms with Crippen LogP contribution in [0.2, 0.25) is 5.02 Å². The molecule has 0 heterocycles. The SMILES string of the molecule is CNCC(N)c1cc(Cl)ccc1F. The Bertz CT molecular complexity index is 291. The number of nitrogens with two attached hydrogens (primary N) is 1. The van der Waals surface area contributed by atoms with Crippen LogP contribution in [0.5, 0.6) is 0 Å². The van der Waals surface area contributed by atoms with Crippen molar-refractivity contribution >= 4 is 11.6 Å². The second-order valence-electron chi connectivity index (χ2n) is 2.83. The molecular weight excluding hydrogens is 191 g/mol. The lowest BCUT2D eigenvalue weighted by atomic mass is 10.1. The molecule has 0 aromatic heterocycles. The Morgan fingerprint density at radius 1 is 1.62 bits per heavy atom. The predicted molar refractivity (Wildman–Crippen MR) is 52.3 cm³/mol. The number of hydrogen-bond donors (Lipinski definition) is 2. The van der Waals surface area contributed by atoms with Crippen LogP contribution < -0.4 is 11.1 Å². The van der Waals surface area contributed by atoms with Gasteiger partial charge in [0.2, 0.25) is 0 Å². The molecule has 4 heteroatoms. The smallest absolute Gasteiger partial charge is 0.128 e. The van der Waals surface area contributed by atoms with E-state index in [1.54, 1.807) is 13.1 Å². The molecule has 1 rings (SSSR count). The molecule has 13 heavy (non-hydrogen) atoms. The summed E-state index contributed by atoms with van der Waals surface area (Å²) in [6.45, 7) is 0.525. The van der Waals surface area contributed by atoms with Gasteiger partial charge in [0.25, 0.3) is 0 Å². The second-order valence-corrected chi connectivity index (χ2v) is 3.27. The van der Waals surface area contributed by atoms with Crippen LogP contribution >= 0.6 is 11.6 Å². The molecule has 0 spiro atoms. The largest absolute Gasteiger partial charge is 0.323 e. The van der Waals surface area contributed by atoms with Crippen LogP contribution in [0.1, 0.15) is 11.6 Å². The molecule has 0 fully saturated rings. The van der Waals surface area contributed by atoms with Crippen LogP contribution in [0.3, 0.4) is 0 Å². The standard InChI is InChI=1S/C9H12ClFN2/c1-13-5-9(12)7-4-6(10)2-3-8(7)11/h2-4,9,13H,5,12H2,1H3. The van der Waals surface area contributed by atoms with Crippen LogP contribution in [-0.4, -0.2) is 13.6 Å². The Morgan fingerprint density at radius 2 is 2.31 bits per heavy atom. The third-order valence-electron chi connectivity index (χ3n) is 1.78. The van der Waals surface area contributed by atoms with E-state index in [0.717, 1.165) is 0 Å². The van der Waals surface area contributed by atoms with E-state index in [2.05, 4.69) is 5.32 Å². The minimum absolute atomic E-state index is 0.313. The third kappa shape index (κ3) is 2.66. The fourth-order valence-corrected chi connectivity index (χ4v) is 1.31. The summed E-state index contributed by atoms with van der Waals surface area (Å²) in [5, 5.41) is 3.38. The molecule has 0 saturated carbocycles. The average molecular weight is 203 g/mol. The molecule has 2 nitrogen and oxygen atoms in total. The molecule has 0 radical (unpaired) electrons. The summed E-state index contributed by atoms with van der Waals surface area (Å²) in [4.78, 5) is 0. The first kappa shape index (κ1) is 10.4. The molecule has 1 atom stereocenters. The van der Waals surface area contributed by atoms with Gasteiger partial charge in [-0.05, 0) is 25.2 Å². The lowest BCUT2D eigenvalue weighted by molar-refractivity contribution is 0.568. The van der Waals surface area contributed by atoms with Crippen LogP contribution in [0.15, 0.2) is 18.2 Å². The second kappa shape index (κ2) is 4.56. The molecule has 0 aliphatic carbocycles. The fourth-order valence-electron chi connectivity index (χ4n) is 1.13. The molecule has 0 aliphatic heterocycles. The van der Waals surface area contributed by atoms with E-state index in [1.807, 2.05) is 0 Å². The number of nitrogens with one attached hydrogen (secondary N) is 1. The minimum atomic E-state index is -0.358. The summed E-state index contributed by atoms with van der Waals surface area (Å²) in [5.41, 5.74) is 6.16. The summed E-state index contributed by atoms with van der Waals surface area (Å²) in [6, 6.07) is 4.03. The van der Waals surface area contributed by atoms with Crippen LogP contribution in [0.25, 0.3) is 0 Å². The normalized spacial score (nSPS) is 12.9. The highest BCUT2D eigenvalue weighted by molar-refractivity contribution is 6.30. The van der Waals surface area contributed by atoms with Crippen molar-refractivity contribution in [1.82, 2.24) is 5.32 Å². The van der Waals surface area contributed by atoms with Crippen molar-refractivity contribution in [2.75, 3.05) is 13.6 Å². The lowest BCUT2D eigenvalue weighted by Gasteiger charge is -2.12. The Labute approximate surface area is 81.9 Å². The van der Waals surface area contributed by atoms with Crippen molar-refractivity contribution in [3.8, 4) is 0 Å². The highest BCUT2D eigenvalue weighted by Crippen LogP contribution is 2.19. The summed E-state index contributed by atoms with van der Waals surface area (Å²) in [6.07, 6.45) is 0. The number of hydrogen-bond acceptors (Lipinski definition) is 2. The van der Waals surface area contributed by atoms with Crippen LogP contribution in [-0.2, 0) is 0 Å². The first-order valence-electron chi connectivity index (χ1n) is 4.00. The van der Waals surface area contributed by atoms with E-state index < -0.39 is 0 Å². The van der Waals surface area contributed by atoms with Crippen molar-refractivity contribution in [2.24, 2.45) is 5.73 Å². The van der Waals surface area contributed by atoms with Gasteiger partial charge in [0.05, 0.1) is 0 Å². The molecule has 1 aromatic carbocycles. The van der Waals surface area contributed by atoms with E-state index in [1.165, 1.54) is 12.1 Å². The maximum absolute atomic E-state index is 13.2. The molecule has 72 valence electrons. The monoisotopic (exact) mass is 202 g/mol. The predicted octanol–water partition coefficient (Wildman–Crippen LogP) is 1.70. The summed E-state index contributed by atoms with van der Waals surface area (Å²) in [7, 11) is 1.77. The molecule has 1 unspecified atom stereocenters. The van der Waals surface area contributed by atoms with Gasteiger partial charge in [0.15, 0.2) is 0 Å². The number of benzene rings is 1. The molecule has 3 N–H and O–H groups in total. The van der Waals surface area contributed by atoms with E-state index in [9.17, 15) is 4.39 Å². The Hall–Kier alpha value is -0.640. The molecule has 0 saturated heterocycles. The Morgan fingerprint density at radius 3 is 2.92 bits per heavy atom. The van der Waals surface area contributed by atoms with Crippen LogP contribution in [0, 0.1) is 5.82 Å². The van der Waals surface area contributed by atoms with Gasteiger partial charge in [-0.3, -0.25) is 0 Å². The maximum atomic E-state index is 13.2. The topological polar surface area (TPSA) is 38.0 Å². The molecule has 1 aromatic rings.